The van der Waals surface area contributed by atoms with Crippen molar-refractivity contribution >= 4 is 51.2 Å². The number of carbonyl (C=O) groups is 1. The number of amides is 1. The van der Waals surface area contributed by atoms with Crippen LogP contribution in [0.15, 0.2) is 52.9 Å². The topological polar surface area (TPSA) is 119 Å². The number of nitro benzene ring substituents is 1. The van der Waals surface area contributed by atoms with Gasteiger partial charge in [0.05, 0.1) is 22.5 Å². The van der Waals surface area contributed by atoms with Crippen LogP contribution >= 0.6 is 23.1 Å². The van der Waals surface area contributed by atoms with Crippen LogP contribution in [0.5, 0.6) is 5.75 Å². The van der Waals surface area contributed by atoms with Gasteiger partial charge in [0.15, 0.2) is 4.34 Å². The Hall–Kier alpha value is -3.18. The maximum Gasteiger partial charge on any atom is 0.292 e. The van der Waals surface area contributed by atoms with E-state index in [4.69, 9.17) is 4.74 Å². The molecule has 1 atom stereocenters. The van der Waals surface area contributed by atoms with Gasteiger partial charge in [0, 0.05) is 6.07 Å². The van der Waals surface area contributed by atoms with Gasteiger partial charge < -0.3 is 15.4 Å². The monoisotopic (exact) mass is 445 g/mol. The van der Waals surface area contributed by atoms with E-state index in [1.807, 2.05) is 31.2 Å². The molecule has 30 heavy (non-hydrogen) atoms. The fraction of sp³-hybridized carbons (Fsp3) is 0.211. The molecule has 1 heterocycles. The number of nitro groups is 1. The smallest absolute Gasteiger partial charge is 0.292 e. The Balaban J connectivity index is 1.63. The molecule has 0 saturated carbocycles. The van der Waals surface area contributed by atoms with Gasteiger partial charge in [-0.05, 0) is 32.0 Å². The SMILES string of the molecule is CCOc1ccccc1Nc1nnc(S[C@H](C)C(=O)Nc2ccccc2[N+](=O)[O-])s1. The molecule has 1 aromatic heterocycles. The van der Waals surface area contributed by atoms with E-state index in [0.717, 1.165) is 5.69 Å². The molecule has 0 radical (unpaired) electrons. The Morgan fingerprint density at radius 3 is 2.63 bits per heavy atom. The predicted octanol–water partition coefficient (Wildman–Crippen LogP) is 4.71. The summed E-state index contributed by atoms with van der Waals surface area (Å²) in [6.45, 7) is 4.16. The molecule has 0 fully saturated rings. The van der Waals surface area contributed by atoms with Gasteiger partial charge in [0.1, 0.15) is 11.4 Å². The quantitative estimate of drug-likeness (QED) is 0.276. The van der Waals surface area contributed by atoms with Crippen LogP contribution < -0.4 is 15.4 Å². The molecule has 2 N–H and O–H groups in total. The second kappa shape index (κ2) is 10.0. The number of para-hydroxylation sites is 4. The highest BCUT2D eigenvalue weighted by atomic mass is 32.2. The number of hydrogen-bond acceptors (Lipinski definition) is 9. The van der Waals surface area contributed by atoms with E-state index in [9.17, 15) is 14.9 Å². The first-order valence-corrected chi connectivity index (χ1v) is 10.7. The van der Waals surface area contributed by atoms with Gasteiger partial charge >= 0.3 is 0 Å². The van der Waals surface area contributed by atoms with Crippen molar-refractivity contribution in [2.24, 2.45) is 0 Å². The van der Waals surface area contributed by atoms with E-state index in [-0.39, 0.29) is 17.3 Å². The van der Waals surface area contributed by atoms with E-state index < -0.39 is 10.2 Å². The van der Waals surface area contributed by atoms with Gasteiger partial charge in [-0.2, -0.15) is 0 Å². The Morgan fingerprint density at radius 2 is 1.90 bits per heavy atom. The molecule has 0 aliphatic rings. The molecular formula is C19H19N5O4S2. The highest BCUT2D eigenvalue weighted by molar-refractivity contribution is 8.02. The number of thioether (sulfide) groups is 1. The fourth-order valence-electron chi connectivity index (χ4n) is 2.45. The molecule has 0 aliphatic carbocycles. The largest absolute Gasteiger partial charge is 0.492 e. The highest BCUT2D eigenvalue weighted by Crippen LogP contribution is 2.33. The summed E-state index contributed by atoms with van der Waals surface area (Å²) in [6.07, 6.45) is 0. The number of aromatic nitrogens is 2. The van der Waals surface area contributed by atoms with E-state index in [1.54, 1.807) is 19.1 Å². The van der Waals surface area contributed by atoms with Crippen molar-refractivity contribution < 1.29 is 14.5 Å². The number of carbonyl (C=O) groups excluding carboxylic acids is 1. The number of nitrogens with zero attached hydrogens (tertiary/aromatic N) is 3. The van der Waals surface area contributed by atoms with E-state index in [1.165, 1.54) is 35.2 Å². The summed E-state index contributed by atoms with van der Waals surface area (Å²) in [6, 6.07) is 13.5. The minimum absolute atomic E-state index is 0.154. The van der Waals surface area contributed by atoms with Crippen molar-refractivity contribution in [3.63, 3.8) is 0 Å². The first-order chi connectivity index (χ1) is 14.5. The zero-order valence-corrected chi connectivity index (χ0v) is 17.8. The minimum Gasteiger partial charge on any atom is -0.492 e. The first-order valence-electron chi connectivity index (χ1n) is 9.01. The Labute approximate surface area is 181 Å². The normalized spacial score (nSPS) is 11.5. The van der Waals surface area contributed by atoms with Crippen LogP contribution in [0.25, 0.3) is 0 Å². The number of anilines is 3. The van der Waals surface area contributed by atoms with Crippen LogP contribution in [0.3, 0.4) is 0 Å². The third-order valence-electron chi connectivity index (χ3n) is 3.84. The number of ether oxygens (including phenoxy) is 1. The molecule has 3 aromatic rings. The second-order valence-corrected chi connectivity index (χ2v) is 8.52. The summed E-state index contributed by atoms with van der Waals surface area (Å²) in [5.41, 5.74) is 0.778. The van der Waals surface area contributed by atoms with E-state index >= 15 is 0 Å². The zero-order chi connectivity index (χ0) is 21.5. The van der Waals surface area contributed by atoms with Crippen LogP contribution in [0.4, 0.5) is 22.2 Å². The summed E-state index contributed by atoms with van der Waals surface area (Å²) < 4.78 is 6.18. The average molecular weight is 446 g/mol. The zero-order valence-electron chi connectivity index (χ0n) is 16.2. The minimum atomic E-state index is -0.532. The number of benzene rings is 2. The standard InChI is InChI=1S/C19H19N5O4S2/c1-3-28-16-11-7-5-9-14(16)21-18-22-23-19(30-18)29-12(2)17(25)20-13-8-4-6-10-15(13)24(26)27/h4-12H,3H2,1-2H3,(H,20,25)(H,21,22)/t12-/m1/s1. The maximum atomic E-state index is 12.5. The van der Waals surface area contributed by atoms with Crippen molar-refractivity contribution in [2.75, 3.05) is 17.2 Å². The lowest BCUT2D eigenvalue weighted by molar-refractivity contribution is -0.383. The van der Waals surface area contributed by atoms with Gasteiger partial charge in [-0.15, -0.1) is 10.2 Å². The molecule has 156 valence electrons. The molecule has 11 heteroatoms. The van der Waals surface area contributed by atoms with Crippen molar-refractivity contribution in [2.45, 2.75) is 23.4 Å². The number of hydrogen-bond donors (Lipinski definition) is 2. The van der Waals surface area contributed by atoms with Crippen LogP contribution in [-0.2, 0) is 4.79 Å². The molecule has 0 unspecified atom stereocenters. The molecule has 2 aromatic carbocycles. The molecule has 0 spiro atoms. The van der Waals surface area contributed by atoms with Crippen molar-refractivity contribution in [3.8, 4) is 5.75 Å². The van der Waals surface area contributed by atoms with E-state index in [2.05, 4.69) is 20.8 Å². The van der Waals surface area contributed by atoms with Crippen LogP contribution in [-0.4, -0.2) is 32.9 Å². The number of nitrogens with one attached hydrogen (secondary N) is 2. The Bertz CT molecular complexity index is 1040. The lowest BCUT2D eigenvalue weighted by Crippen LogP contribution is -2.22. The summed E-state index contributed by atoms with van der Waals surface area (Å²) >= 11 is 2.52. The summed E-state index contributed by atoms with van der Waals surface area (Å²) in [5.74, 6) is 0.349. The predicted molar refractivity (Wildman–Crippen MR) is 118 cm³/mol. The average Bonchev–Trinajstić information content (AvgIpc) is 3.16. The molecule has 1 amide bonds. The maximum absolute atomic E-state index is 12.5. The third kappa shape index (κ3) is 5.45. The molecule has 0 aliphatic heterocycles. The van der Waals surface area contributed by atoms with Gasteiger partial charge in [0.25, 0.3) is 5.69 Å². The first kappa shape index (κ1) is 21.5. The molecule has 0 bridgehead atoms. The van der Waals surface area contributed by atoms with Gasteiger partial charge in [0.2, 0.25) is 11.0 Å². The third-order valence-corrected chi connectivity index (χ3v) is 5.86. The van der Waals surface area contributed by atoms with E-state index in [0.29, 0.717) is 21.8 Å². The molecular weight excluding hydrogens is 426 g/mol. The summed E-state index contributed by atoms with van der Waals surface area (Å²) in [4.78, 5) is 23.0. The second-order valence-electron chi connectivity index (χ2n) is 5.95. The van der Waals surface area contributed by atoms with Crippen LogP contribution in [0.2, 0.25) is 0 Å². The summed E-state index contributed by atoms with van der Waals surface area (Å²) in [7, 11) is 0. The van der Waals surface area contributed by atoms with Crippen molar-refractivity contribution in [3.05, 3.63) is 58.6 Å². The van der Waals surface area contributed by atoms with Crippen LogP contribution in [0, 0.1) is 10.1 Å². The summed E-state index contributed by atoms with van der Waals surface area (Å²) in [5, 5.41) is 25.1. The van der Waals surface area contributed by atoms with Crippen LogP contribution in [0.1, 0.15) is 13.8 Å². The van der Waals surface area contributed by atoms with Crippen molar-refractivity contribution in [1.29, 1.82) is 0 Å². The Kier molecular flexibility index (Phi) is 7.20. The van der Waals surface area contributed by atoms with Gasteiger partial charge in [-0.25, -0.2) is 0 Å². The highest BCUT2D eigenvalue weighted by Gasteiger charge is 2.21. The lowest BCUT2D eigenvalue weighted by Gasteiger charge is -2.10. The fourth-order valence-corrected chi connectivity index (χ4v) is 4.36. The Morgan fingerprint density at radius 1 is 1.20 bits per heavy atom. The molecule has 0 saturated heterocycles. The van der Waals surface area contributed by atoms with Crippen molar-refractivity contribution in [1.82, 2.24) is 10.2 Å². The number of rotatable bonds is 9. The van der Waals surface area contributed by atoms with Gasteiger partial charge in [-0.3, -0.25) is 14.9 Å². The molecule has 3 rings (SSSR count). The lowest BCUT2D eigenvalue weighted by atomic mass is 10.2. The van der Waals surface area contributed by atoms with Gasteiger partial charge in [-0.1, -0.05) is 47.4 Å². The molecule has 9 nitrogen and oxygen atoms in total.